The number of hydrogen-bond donors (Lipinski definition) is 1. The van der Waals surface area contributed by atoms with Crippen molar-refractivity contribution in [3.8, 4) is 10.4 Å². The van der Waals surface area contributed by atoms with Crippen LogP contribution in [0.5, 0.6) is 0 Å². The molecule has 3 rings (SSSR count). The van der Waals surface area contributed by atoms with Crippen LogP contribution in [0.1, 0.15) is 9.67 Å². The third kappa shape index (κ3) is 3.57. The second-order valence-electron chi connectivity index (χ2n) is 5.24. The third-order valence-electron chi connectivity index (χ3n) is 3.65. The van der Waals surface area contributed by atoms with E-state index in [-0.39, 0.29) is 19.1 Å². The number of rotatable bonds is 3. The van der Waals surface area contributed by atoms with Crippen molar-refractivity contribution < 1.29 is 19.4 Å². The number of nitrogens with zero attached hydrogens (tertiary/aromatic N) is 1. The van der Waals surface area contributed by atoms with Crippen LogP contribution in [0.4, 0.5) is 0 Å². The Balaban J connectivity index is 1.78. The van der Waals surface area contributed by atoms with Crippen LogP contribution in [-0.4, -0.2) is 47.7 Å². The predicted octanol–water partition coefficient (Wildman–Crippen LogP) is 3.65. The minimum atomic E-state index is -1.06. The molecule has 5 nitrogen and oxygen atoms in total. The molecule has 2 heterocycles. The lowest BCUT2D eigenvalue weighted by molar-refractivity contribution is -0.154. The number of ether oxygens (including phenoxy) is 1. The van der Waals surface area contributed by atoms with Gasteiger partial charge in [-0.15, -0.1) is 11.3 Å². The summed E-state index contributed by atoms with van der Waals surface area (Å²) in [5.74, 6) is -1.25. The predicted molar refractivity (Wildman–Crippen MR) is 93.1 cm³/mol. The zero-order valence-corrected chi connectivity index (χ0v) is 14.7. The number of thiophene rings is 1. The molecule has 1 fully saturated rings. The molecule has 1 aliphatic heterocycles. The summed E-state index contributed by atoms with van der Waals surface area (Å²) in [6.07, 6.45) is -0.975. The molecule has 24 heavy (non-hydrogen) atoms. The Morgan fingerprint density at radius 2 is 2.00 bits per heavy atom. The second-order valence-corrected chi connectivity index (χ2v) is 7.14. The van der Waals surface area contributed by atoms with E-state index >= 15 is 0 Å². The van der Waals surface area contributed by atoms with Gasteiger partial charge in [-0.1, -0.05) is 29.3 Å². The van der Waals surface area contributed by atoms with Gasteiger partial charge in [-0.25, -0.2) is 4.79 Å². The van der Waals surface area contributed by atoms with E-state index in [0.29, 0.717) is 21.5 Å². The quantitative estimate of drug-likeness (QED) is 0.875. The average Bonchev–Trinajstić information content (AvgIpc) is 3.06. The molecule has 8 heteroatoms. The van der Waals surface area contributed by atoms with Crippen molar-refractivity contribution in [2.75, 3.05) is 19.7 Å². The van der Waals surface area contributed by atoms with Crippen LogP contribution in [0.15, 0.2) is 30.3 Å². The van der Waals surface area contributed by atoms with E-state index < -0.39 is 12.1 Å². The first-order valence-electron chi connectivity index (χ1n) is 7.14. The molecule has 1 aromatic heterocycles. The van der Waals surface area contributed by atoms with E-state index in [1.807, 2.05) is 12.1 Å². The fraction of sp³-hybridized carbons (Fsp3) is 0.250. The van der Waals surface area contributed by atoms with Crippen LogP contribution < -0.4 is 0 Å². The van der Waals surface area contributed by atoms with Crippen LogP contribution in [0.2, 0.25) is 10.0 Å². The highest BCUT2D eigenvalue weighted by Crippen LogP contribution is 2.33. The van der Waals surface area contributed by atoms with E-state index in [1.54, 1.807) is 18.2 Å². The first-order chi connectivity index (χ1) is 11.5. The number of carboxylic acid groups (broad SMARTS) is 1. The van der Waals surface area contributed by atoms with Gasteiger partial charge in [0.25, 0.3) is 5.91 Å². The van der Waals surface area contributed by atoms with Gasteiger partial charge in [0, 0.05) is 11.4 Å². The molecule has 2 aromatic rings. The molecular weight excluding hydrogens is 373 g/mol. The summed E-state index contributed by atoms with van der Waals surface area (Å²) in [7, 11) is 0. The van der Waals surface area contributed by atoms with Crippen LogP contribution in [0.3, 0.4) is 0 Å². The number of benzene rings is 1. The SMILES string of the molecule is O=C(O)C1CN(C(=O)c2ccc(-c3ccc(Cl)c(Cl)c3)s2)CCO1. The monoisotopic (exact) mass is 385 g/mol. The molecule has 0 radical (unpaired) electrons. The van der Waals surface area contributed by atoms with Gasteiger partial charge in [0.1, 0.15) is 0 Å². The summed E-state index contributed by atoms with van der Waals surface area (Å²) in [5.41, 5.74) is 0.874. The lowest BCUT2D eigenvalue weighted by Crippen LogP contribution is -2.48. The molecular formula is C16H13Cl2NO4S. The maximum absolute atomic E-state index is 12.6. The Morgan fingerprint density at radius 3 is 2.71 bits per heavy atom. The fourth-order valence-electron chi connectivity index (χ4n) is 2.40. The molecule has 0 aliphatic carbocycles. The van der Waals surface area contributed by atoms with Crippen molar-refractivity contribution in [3.63, 3.8) is 0 Å². The van der Waals surface area contributed by atoms with Crippen molar-refractivity contribution in [2.24, 2.45) is 0 Å². The van der Waals surface area contributed by atoms with Gasteiger partial charge in [-0.05, 0) is 29.8 Å². The number of hydrogen-bond acceptors (Lipinski definition) is 4. The van der Waals surface area contributed by atoms with Crippen LogP contribution in [-0.2, 0) is 9.53 Å². The van der Waals surface area contributed by atoms with E-state index in [9.17, 15) is 9.59 Å². The standard InChI is InChI=1S/C16H13Cl2NO4S/c17-10-2-1-9(7-11(10)18)13-3-4-14(24-13)15(20)19-5-6-23-12(8-19)16(21)22/h1-4,7,12H,5-6,8H2,(H,21,22). The molecule has 1 saturated heterocycles. The number of carbonyl (C=O) groups is 2. The fourth-order valence-corrected chi connectivity index (χ4v) is 3.66. The van der Waals surface area contributed by atoms with E-state index in [0.717, 1.165) is 10.4 Å². The van der Waals surface area contributed by atoms with Crippen LogP contribution >= 0.6 is 34.5 Å². The molecule has 0 bridgehead atoms. The van der Waals surface area contributed by atoms with Gasteiger partial charge in [-0.3, -0.25) is 4.79 Å². The van der Waals surface area contributed by atoms with Gasteiger partial charge in [0.2, 0.25) is 0 Å². The lowest BCUT2D eigenvalue weighted by Gasteiger charge is -2.30. The minimum absolute atomic E-state index is 0.0498. The van der Waals surface area contributed by atoms with Gasteiger partial charge < -0.3 is 14.7 Å². The first kappa shape index (κ1) is 17.2. The Hall–Kier alpha value is -1.60. The lowest BCUT2D eigenvalue weighted by atomic mass is 10.2. The van der Waals surface area contributed by atoms with Crippen molar-refractivity contribution in [1.29, 1.82) is 0 Å². The number of halogens is 2. The van der Waals surface area contributed by atoms with Crippen molar-refractivity contribution in [2.45, 2.75) is 6.10 Å². The number of carboxylic acids is 1. The van der Waals surface area contributed by atoms with E-state index in [4.69, 9.17) is 33.0 Å². The van der Waals surface area contributed by atoms with Crippen molar-refractivity contribution >= 4 is 46.4 Å². The Bertz CT molecular complexity index is 792. The van der Waals surface area contributed by atoms with Gasteiger partial charge in [0.15, 0.2) is 6.10 Å². The topological polar surface area (TPSA) is 66.8 Å². The maximum Gasteiger partial charge on any atom is 0.334 e. The zero-order valence-electron chi connectivity index (χ0n) is 12.4. The van der Waals surface area contributed by atoms with Crippen LogP contribution in [0.25, 0.3) is 10.4 Å². The number of aliphatic carboxylic acids is 1. The molecule has 1 N–H and O–H groups in total. The van der Waals surface area contributed by atoms with E-state index in [1.165, 1.54) is 16.2 Å². The van der Waals surface area contributed by atoms with Gasteiger partial charge >= 0.3 is 5.97 Å². The Kier molecular flexibility index (Phi) is 5.10. The molecule has 1 amide bonds. The normalized spacial score (nSPS) is 17.8. The maximum atomic E-state index is 12.6. The second kappa shape index (κ2) is 7.11. The number of amides is 1. The first-order valence-corrected chi connectivity index (χ1v) is 8.72. The molecule has 1 aliphatic rings. The highest BCUT2D eigenvalue weighted by atomic mass is 35.5. The van der Waals surface area contributed by atoms with Crippen molar-refractivity contribution in [3.05, 3.63) is 45.3 Å². The number of morpholine rings is 1. The summed E-state index contributed by atoms with van der Waals surface area (Å²) in [4.78, 5) is 26.5. The molecule has 0 saturated carbocycles. The summed E-state index contributed by atoms with van der Waals surface area (Å²) < 4.78 is 5.14. The Labute approximate surface area is 152 Å². The number of carbonyl (C=O) groups excluding carboxylic acids is 1. The van der Waals surface area contributed by atoms with E-state index in [2.05, 4.69) is 0 Å². The minimum Gasteiger partial charge on any atom is -0.479 e. The molecule has 126 valence electrons. The summed E-state index contributed by atoms with van der Waals surface area (Å²) in [6, 6.07) is 8.87. The molecule has 0 spiro atoms. The molecule has 1 unspecified atom stereocenters. The highest BCUT2D eigenvalue weighted by molar-refractivity contribution is 7.17. The summed E-state index contributed by atoms with van der Waals surface area (Å²) in [6.45, 7) is 0.643. The van der Waals surface area contributed by atoms with Crippen LogP contribution in [0, 0.1) is 0 Å². The zero-order chi connectivity index (χ0) is 17.3. The van der Waals surface area contributed by atoms with Gasteiger partial charge in [0.05, 0.1) is 28.1 Å². The smallest absolute Gasteiger partial charge is 0.334 e. The third-order valence-corrected chi connectivity index (χ3v) is 5.51. The summed E-state index contributed by atoms with van der Waals surface area (Å²) >= 11 is 13.3. The molecule has 1 aromatic carbocycles. The average molecular weight is 386 g/mol. The largest absolute Gasteiger partial charge is 0.479 e. The summed E-state index contributed by atoms with van der Waals surface area (Å²) in [5, 5.41) is 9.95. The molecule has 1 atom stereocenters. The highest BCUT2D eigenvalue weighted by Gasteiger charge is 2.30. The van der Waals surface area contributed by atoms with Crippen molar-refractivity contribution in [1.82, 2.24) is 4.90 Å². The van der Waals surface area contributed by atoms with Gasteiger partial charge in [-0.2, -0.15) is 0 Å². The Morgan fingerprint density at radius 1 is 1.21 bits per heavy atom.